The van der Waals surface area contributed by atoms with Crippen LogP contribution < -0.4 is 10.2 Å². The van der Waals surface area contributed by atoms with Crippen LogP contribution in [0, 0.1) is 12.8 Å². The summed E-state index contributed by atoms with van der Waals surface area (Å²) < 4.78 is 5.24. The van der Waals surface area contributed by atoms with Crippen LogP contribution >= 0.6 is 0 Å². The number of amides is 2. The number of nitrogens with zero attached hydrogens (tertiary/aromatic N) is 1. The smallest absolute Gasteiger partial charge is 0.230 e. The van der Waals surface area contributed by atoms with E-state index in [0.29, 0.717) is 13.1 Å². The van der Waals surface area contributed by atoms with Crippen molar-refractivity contribution in [1.29, 1.82) is 0 Å². The Kier molecular flexibility index (Phi) is 5.98. The van der Waals surface area contributed by atoms with Crippen LogP contribution in [-0.4, -0.2) is 11.8 Å². The Labute approximate surface area is 176 Å². The van der Waals surface area contributed by atoms with E-state index >= 15 is 0 Å². The summed E-state index contributed by atoms with van der Waals surface area (Å²) >= 11 is 0. The van der Waals surface area contributed by atoms with Crippen molar-refractivity contribution in [3.8, 4) is 0 Å². The molecule has 1 aliphatic carbocycles. The molecule has 4 rings (SSSR count). The molecule has 0 bridgehead atoms. The first-order valence-electron chi connectivity index (χ1n) is 10.3. The van der Waals surface area contributed by atoms with Gasteiger partial charge in [0.15, 0.2) is 0 Å². The lowest BCUT2D eigenvalue weighted by atomic mass is 10.1. The highest BCUT2D eigenvalue weighted by molar-refractivity contribution is 5.96. The van der Waals surface area contributed by atoms with Crippen LogP contribution in [-0.2, 0) is 29.1 Å². The molecule has 0 aliphatic heterocycles. The normalized spacial score (nSPS) is 13.1. The zero-order valence-corrected chi connectivity index (χ0v) is 17.1. The number of hydrogen-bond donors (Lipinski definition) is 1. The third kappa shape index (κ3) is 5.17. The summed E-state index contributed by atoms with van der Waals surface area (Å²) in [6.07, 6.45) is 3.76. The Balaban J connectivity index is 1.47. The van der Waals surface area contributed by atoms with E-state index in [0.717, 1.165) is 35.4 Å². The number of aryl methyl sites for hydroxylation is 1. The Bertz CT molecular complexity index is 1010. The quantitative estimate of drug-likeness (QED) is 0.608. The van der Waals surface area contributed by atoms with Crippen LogP contribution in [0.4, 0.5) is 5.69 Å². The zero-order valence-electron chi connectivity index (χ0n) is 17.1. The Morgan fingerprint density at radius 2 is 1.83 bits per heavy atom. The third-order valence-corrected chi connectivity index (χ3v) is 5.28. The van der Waals surface area contributed by atoms with Gasteiger partial charge >= 0.3 is 0 Å². The van der Waals surface area contributed by atoms with Crippen molar-refractivity contribution in [2.45, 2.75) is 39.3 Å². The standard InChI is InChI=1S/C25H26N2O3/c1-18-7-9-19(10-8-18)17-27(25(29)21-11-12-21)22-5-2-4-20(14-22)15-24(28)26-16-23-6-3-13-30-23/h2-10,13-14,21H,11-12,15-17H2,1H3,(H,26,28). The molecule has 30 heavy (non-hydrogen) atoms. The van der Waals surface area contributed by atoms with Crippen molar-refractivity contribution in [2.24, 2.45) is 5.92 Å². The average molecular weight is 402 g/mol. The second-order valence-corrected chi connectivity index (χ2v) is 7.89. The summed E-state index contributed by atoms with van der Waals surface area (Å²) in [7, 11) is 0. The minimum absolute atomic E-state index is 0.0813. The van der Waals surface area contributed by atoms with Crippen molar-refractivity contribution < 1.29 is 14.0 Å². The minimum atomic E-state index is -0.0813. The highest BCUT2D eigenvalue weighted by atomic mass is 16.3. The Morgan fingerprint density at radius 1 is 1.03 bits per heavy atom. The molecule has 0 radical (unpaired) electrons. The number of anilines is 1. The fraction of sp³-hybridized carbons (Fsp3) is 0.280. The molecule has 3 aromatic rings. The van der Waals surface area contributed by atoms with Crippen molar-refractivity contribution in [2.75, 3.05) is 4.90 Å². The van der Waals surface area contributed by atoms with E-state index in [1.165, 1.54) is 5.56 Å². The molecule has 1 N–H and O–H groups in total. The Hall–Kier alpha value is -3.34. The van der Waals surface area contributed by atoms with Gasteiger partial charge in [-0.05, 0) is 55.2 Å². The maximum atomic E-state index is 13.0. The van der Waals surface area contributed by atoms with Gasteiger partial charge in [0.25, 0.3) is 0 Å². The summed E-state index contributed by atoms with van der Waals surface area (Å²) in [4.78, 5) is 27.2. The highest BCUT2D eigenvalue weighted by Gasteiger charge is 2.34. The molecule has 5 nitrogen and oxygen atoms in total. The van der Waals surface area contributed by atoms with Gasteiger partial charge in [-0.25, -0.2) is 0 Å². The van der Waals surface area contributed by atoms with Gasteiger partial charge in [-0.2, -0.15) is 0 Å². The van der Waals surface area contributed by atoms with Crippen molar-refractivity contribution >= 4 is 17.5 Å². The van der Waals surface area contributed by atoms with E-state index < -0.39 is 0 Å². The molecule has 5 heteroatoms. The van der Waals surface area contributed by atoms with Gasteiger partial charge in [0.05, 0.1) is 25.8 Å². The number of furan rings is 1. The molecule has 154 valence electrons. The van der Waals surface area contributed by atoms with Gasteiger partial charge in [-0.3, -0.25) is 9.59 Å². The molecule has 1 saturated carbocycles. The number of hydrogen-bond acceptors (Lipinski definition) is 3. The summed E-state index contributed by atoms with van der Waals surface area (Å²) in [5.41, 5.74) is 4.00. The van der Waals surface area contributed by atoms with Crippen molar-refractivity contribution in [1.82, 2.24) is 5.32 Å². The van der Waals surface area contributed by atoms with Crippen LogP contribution in [0.2, 0.25) is 0 Å². The van der Waals surface area contributed by atoms with E-state index in [9.17, 15) is 9.59 Å². The van der Waals surface area contributed by atoms with Gasteiger partial charge in [-0.1, -0.05) is 42.0 Å². The summed E-state index contributed by atoms with van der Waals surface area (Å²) in [6.45, 7) is 2.95. The van der Waals surface area contributed by atoms with E-state index in [4.69, 9.17) is 4.42 Å². The second kappa shape index (κ2) is 8.99. The van der Waals surface area contributed by atoms with Crippen LogP contribution in [0.3, 0.4) is 0 Å². The second-order valence-electron chi connectivity index (χ2n) is 7.89. The van der Waals surface area contributed by atoms with Gasteiger partial charge < -0.3 is 14.6 Å². The van der Waals surface area contributed by atoms with E-state index in [1.807, 2.05) is 35.2 Å². The lowest BCUT2D eigenvalue weighted by molar-refractivity contribution is -0.121. The average Bonchev–Trinajstić information content (AvgIpc) is 3.47. The third-order valence-electron chi connectivity index (χ3n) is 5.28. The minimum Gasteiger partial charge on any atom is -0.467 e. The fourth-order valence-corrected chi connectivity index (χ4v) is 3.40. The number of rotatable bonds is 8. The summed E-state index contributed by atoms with van der Waals surface area (Å²) in [5.74, 6) is 0.921. The molecule has 1 aromatic heterocycles. The van der Waals surface area contributed by atoms with Crippen LogP contribution in [0.25, 0.3) is 0 Å². The molecule has 0 spiro atoms. The predicted molar refractivity (Wildman–Crippen MR) is 116 cm³/mol. The molecule has 0 atom stereocenters. The van der Waals surface area contributed by atoms with E-state index in [1.54, 1.807) is 12.3 Å². The molecule has 1 fully saturated rings. The first-order valence-corrected chi connectivity index (χ1v) is 10.3. The first-order chi connectivity index (χ1) is 14.6. The maximum Gasteiger partial charge on any atom is 0.230 e. The summed E-state index contributed by atoms with van der Waals surface area (Å²) in [6, 6.07) is 19.6. The lowest BCUT2D eigenvalue weighted by Crippen LogP contribution is -2.32. The number of nitrogens with one attached hydrogen (secondary N) is 1. The molecular weight excluding hydrogens is 376 g/mol. The van der Waals surface area contributed by atoms with Crippen LogP contribution in [0.15, 0.2) is 71.3 Å². The van der Waals surface area contributed by atoms with Gasteiger partial charge in [-0.15, -0.1) is 0 Å². The van der Waals surface area contributed by atoms with Gasteiger partial charge in [0.1, 0.15) is 5.76 Å². The van der Waals surface area contributed by atoms with Crippen LogP contribution in [0.5, 0.6) is 0 Å². The molecule has 2 aromatic carbocycles. The van der Waals surface area contributed by atoms with Crippen LogP contribution in [0.1, 0.15) is 35.3 Å². The fourth-order valence-electron chi connectivity index (χ4n) is 3.40. The zero-order chi connectivity index (χ0) is 20.9. The monoisotopic (exact) mass is 402 g/mol. The number of carbonyl (C=O) groups excluding carboxylic acids is 2. The van der Waals surface area contributed by atoms with E-state index in [-0.39, 0.29) is 24.2 Å². The molecule has 0 unspecified atom stereocenters. The first kappa shape index (κ1) is 20.0. The lowest BCUT2D eigenvalue weighted by Gasteiger charge is -2.24. The SMILES string of the molecule is Cc1ccc(CN(C(=O)C2CC2)c2cccc(CC(=O)NCc3ccco3)c2)cc1. The van der Waals surface area contributed by atoms with Gasteiger partial charge in [0.2, 0.25) is 11.8 Å². The topological polar surface area (TPSA) is 62.6 Å². The number of carbonyl (C=O) groups is 2. The largest absolute Gasteiger partial charge is 0.467 e. The molecule has 2 amide bonds. The molecule has 1 heterocycles. The molecule has 0 saturated heterocycles. The summed E-state index contributed by atoms with van der Waals surface area (Å²) in [5, 5.41) is 2.87. The van der Waals surface area contributed by atoms with E-state index in [2.05, 4.69) is 36.5 Å². The Morgan fingerprint density at radius 3 is 2.53 bits per heavy atom. The van der Waals surface area contributed by atoms with Crippen molar-refractivity contribution in [3.05, 3.63) is 89.4 Å². The maximum absolute atomic E-state index is 13.0. The molecular formula is C25H26N2O3. The highest BCUT2D eigenvalue weighted by Crippen LogP contribution is 2.33. The van der Waals surface area contributed by atoms with Gasteiger partial charge in [0, 0.05) is 11.6 Å². The number of benzene rings is 2. The van der Waals surface area contributed by atoms with Crippen molar-refractivity contribution in [3.63, 3.8) is 0 Å². The predicted octanol–water partition coefficient (Wildman–Crippen LogP) is 4.39. The molecule has 1 aliphatic rings.